The van der Waals surface area contributed by atoms with Crippen molar-refractivity contribution in [2.75, 3.05) is 0 Å². The fourth-order valence-corrected chi connectivity index (χ4v) is 1.74. The van der Waals surface area contributed by atoms with Crippen molar-refractivity contribution >= 4 is 34.4 Å². The molecule has 0 atom stereocenters. The molecular weight excluding hydrogens is 275 g/mol. The highest BCUT2D eigenvalue weighted by Crippen LogP contribution is 2.26. The number of halogens is 2. The lowest BCUT2D eigenvalue weighted by Crippen LogP contribution is -2.08. The summed E-state index contributed by atoms with van der Waals surface area (Å²) in [7, 11) is 0. The van der Waals surface area contributed by atoms with Gasteiger partial charge in [0.15, 0.2) is 0 Å². The summed E-state index contributed by atoms with van der Waals surface area (Å²) in [5.74, 6) is -0.0740. The van der Waals surface area contributed by atoms with Crippen LogP contribution in [0.25, 0.3) is 0 Å². The molecule has 0 bridgehead atoms. The number of hydrogen-bond donors (Lipinski definition) is 0. The van der Waals surface area contributed by atoms with Gasteiger partial charge in [-0.05, 0) is 36.2 Å². The minimum Gasteiger partial charge on any atom is -0.425 e. The monoisotopic (exact) mass is 288 g/mol. The van der Waals surface area contributed by atoms with Gasteiger partial charge in [0.1, 0.15) is 5.75 Å². The predicted octanol–water partition coefficient (Wildman–Crippen LogP) is 4.20. The fraction of sp³-hybridized carbons (Fsp3) is 0.385. The lowest BCUT2D eigenvalue weighted by molar-refractivity contribution is -0.134. The summed E-state index contributed by atoms with van der Waals surface area (Å²) >= 11 is 11.2. The van der Waals surface area contributed by atoms with Crippen LogP contribution in [0.1, 0.15) is 43.0 Å². The molecule has 0 aliphatic heterocycles. The summed E-state index contributed by atoms with van der Waals surface area (Å²) in [4.78, 5) is 22.4. The van der Waals surface area contributed by atoms with Crippen molar-refractivity contribution in [2.45, 2.75) is 32.6 Å². The second-order valence-corrected chi connectivity index (χ2v) is 4.60. The zero-order chi connectivity index (χ0) is 13.5. The Bertz CT molecular complexity index is 444. The number of carbonyl (C=O) groups excluding carboxylic acids is 2. The summed E-state index contributed by atoms with van der Waals surface area (Å²) in [6.45, 7) is 2.06. The number of hydrogen-bond acceptors (Lipinski definition) is 3. The molecule has 18 heavy (non-hydrogen) atoms. The largest absolute Gasteiger partial charge is 0.425 e. The van der Waals surface area contributed by atoms with Gasteiger partial charge in [-0.3, -0.25) is 9.59 Å². The molecule has 0 N–H and O–H groups in total. The van der Waals surface area contributed by atoms with Crippen molar-refractivity contribution in [3.63, 3.8) is 0 Å². The highest BCUT2D eigenvalue weighted by atomic mass is 35.5. The van der Waals surface area contributed by atoms with Gasteiger partial charge >= 0.3 is 5.97 Å². The Morgan fingerprint density at radius 3 is 2.56 bits per heavy atom. The first-order chi connectivity index (χ1) is 8.54. The molecule has 0 spiro atoms. The van der Waals surface area contributed by atoms with E-state index in [2.05, 4.69) is 6.92 Å². The first kappa shape index (κ1) is 15.0. The number of esters is 1. The van der Waals surface area contributed by atoms with Crippen LogP contribution in [0.4, 0.5) is 0 Å². The van der Waals surface area contributed by atoms with E-state index in [1.54, 1.807) is 0 Å². The van der Waals surface area contributed by atoms with Crippen LogP contribution in [-0.4, -0.2) is 11.2 Å². The summed E-state index contributed by atoms with van der Waals surface area (Å²) in [5.41, 5.74) is 0.271. The third-order valence-corrected chi connectivity index (χ3v) is 2.88. The second-order valence-electron chi connectivity index (χ2n) is 3.85. The second kappa shape index (κ2) is 7.39. The average Bonchev–Trinajstić information content (AvgIpc) is 2.32. The smallest absolute Gasteiger partial charge is 0.311 e. The van der Waals surface area contributed by atoms with Gasteiger partial charge in [-0.1, -0.05) is 31.4 Å². The van der Waals surface area contributed by atoms with Gasteiger partial charge in [0.2, 0.25) is 0 Å². The number of carbonyl (C=O) groups is 2. The maximum Gasteiger partial charge on any atom is 0.311 e. The maximum absolute atomic E-state index is 11.5. The predicted molar refractivity (Wildman–Crippen MR) is 71.4 cm³/mol. The number of rotatable bonds is 6. The van der Waals surface area contributed by atoms with Gasteiger partial charge in [-0.25, -0.2) is 0 Å². The Kier molecular flexibility index (Phi) is 6.16. The molecule has 5 heteroatoms. The van der Waals surface area contributed by atoms with E-state index in [4.69, 9.17) is 27.9 Å². The first-order valence-corrected chi connectivity index (χ1v) is 6.50. The molecular formula is C13H14Cl2O3. The molecule has 0 fully saturated rings. The van der Waals surface area contributed by atoms with Gasteiger partial charge in [0.05, 0.1) is 5.02 Å². The van der Waals surface area contributed by atoms with Crippen LogP contribution in [0.3, 0.4) is 0 Å². The normalized spacial score (nSPS) is 10.2. The number of benzene rings is 1. The van der Waals surface area contributed by atoms with Crippen LogP contribution >= 0.6 is 23.2 Å². The Hall–Kier alpha value is -1.06. The molecule has 0 radical (unpaired) electrons. The molecule has 0 unspecified atom stereocenters. The van der Waals surface area contributed by atoms with E-state index in [1.807, 2.05) is 0 Å². The number of ether oxygens (including phenoxy) is 1. The SMILES string of the molecule is CCCCCC(=O)Oc1ccc(C(=O)Cl)cc1Cl. The van der Waals surface area contributed by atoms with E-state index in [0.717, 1.165) is 19.3 Å². The molecule has 3 nitrogen and oxygen atoms in total. The minimum atomic E-state index is -0.599. The Morgan fingerprint density at radius 2 is 2.00 bits per heavy atom. The topological polar surface area (TPSA) is 43.4 Å². The highest BCUT2D eigenvalue weighted by molar-refractivity contribution is 6.67. The third kappa shape index (κ3) is 4.67. The fourth-order valence-electron chi connectivity index (χ4n) is 1.40. The molecule has 1 rings (SSSR count). The third-order valence-electron chi connectivity index (χ3n) is 2.37. The van der Waals surface area contributed by atoms with Gasteiger partial charge in [0, 0.05) is 12.0 Å². The molecule has 98 valence electrons. The van der Waals surface area contributed by atoms with Crippen LogP contribution in [0.5, 0.6) is 5.75 Å². The summed E-state index contributed by atoms with van der Waals surface area (Å²) in [5, 5.41) is -0.400. The van der Waals surface area contributed by atoms with Crippen molar-refractivity contribution in [1.29, 1.82) is 0 Å². The molecule has 1 aromatic carbocycles. The lowest BCUT2D eigenvalue weighted by Gasteiger charge is -2.06. The summed E-state index contributed by atoms with van der Waals surface area (Å²) in [6, 6.07) is 4.32. The van der Waals surface area contributed by atoms with Gasteiger partial charge in [0.25, 0.3) is 5.24 Å². The molecule has 0 heterocycles. The molecule has 0 saturated heterocycles. The van der Waals surface area contributed by atoms with Crippen LogP contribution in [0.2, 0.25) is 5.02 Å². The maximum atomic E-state index is 11.5. The van der Waals surface area contributed by atoms with Crippen molar-refractivity contribution < 1.29 is 14.3 Å². The molecule has 0 aromatic heterocycles. The molecule has 0 aliphatic rings. The standard InChI is InChI=1S/C13H14Cl2O3/c1-2-3-4-5-12(16)18-11-7-6-9(13(15)17)8-10(11)14/h6-8H,2-5H2,1H3. The minimum absolute atomic E-state index is 0.199. The average molecular weight is 289 g/mol. The van der Waals surface area contributed by atoms with E-state index in [0.29, 0.717) is 6.42 Å². The van der Waals surface area contributed by atoms with E-state index in [-0.39, 0.29) is 22.3 Å². The van der Waals surface area contributed by atoms with Gasteiger partial charge < -0.3 is 4.74 Å². The van der Waals surface area contributed by atoms with E-state index in [1.165, 1.54) is 18.2 Å². The molecule has 0 aliphatic carbocycles. The van der Waals surface area contributed by atoms with Crippen molar-refractivity contribution in [1.82, 2.24) is 0 Å². The summed E-state index contributed by atoms with van der Waals surface area (Å²) < 4.78 is 5.10. The van der Waals surface area contributed by atoms with Crippen LogP contribution in [0, 0.1) is 0 Å². The summed E-state index contributed by atoms with van der Waals surface area (Å²) in [6.07, 6.45) is 3.19. The highest BCUT2D eigenvalue weighted by Gasteiger charge is 2.10. The van der Waals surface area contributed by atoms with E-state index >= 15 is 0 Å². The lowest BCUT2D eigenvalue weighted by atomic mass is 10.2. The quantitative estimate of drug-likeness (QED) is 0.341. The Labute approximate surface area is 116 Å². The van der Waals surface area contributed by atoms with Crippen molar-refractivity contribution in [2.24, 2.45) is 0 Å². The molecule has 0 amide bonds. The van der Waals surface area contributed by atoms with Crippen LogP contribution < -0.4 is 4.74 Å². The van der Waals surface area contributed by atoms with E-state index < -0.39 is 5.24 Å². The van der Waals surface area contributed by atoms with Crippen LogP contribution in [-0.2, 0) is 4.79 Å². The molecule has 0 saturated carbocycles. The van der Waals surface area contributed by atoms with Gasteiger partial charge in [-0.15, -0.1) is 0 Å². The number of unbranched alkanes of at least 4 members (excludes halogenated alkanes) is 2. The van der Waals surface area contributed by atoms with Crippen molar-refractivity contribution in [3.8, 4) is 5.75 Å². The Balaban J connectivity index is 2.62. The molecule has 1 aromatic rings. The van der Waals surface area contributed by atoms with Crippen molar-refractivity contribution in [3.05, 3.63) is 28.8 Å². The van der Waals surface area contributed by atoms with E-state index in [9.17, 15) is 9.59 Å². The first-order valence-electron chi connectivity index (χ1n) is 5.74. The Morgan fingerprint density at radius 1 is 1.28 bits per heavy atom. The van der Waals surface area contributed by atoms with Crippen LogP contribution in [0.15, 0.2) is 18.2 Å². The zero-order valence-corrected chi connectivity index (χ0v) is 11.6. The zero-order valence-electron chi connectivity index (χ0n) is 10.0. The van der Waals surface area contributed by atoms with Gasteiger partial charge in [-0.2, -0.15) is 0 Å².